The number of hydrogen-bond donors (Lipinski definition) is 1. The molecule has 1 heterocycles. The molecule has 1 saturated heterocycles. The van der Waals surface area contributed by atoms with Crippen LogP contribution in [0.3, 0.4) is 0 Å². The number of halogens is 1. The van der Waals surface area contributed by atoms with Crippen LogP contribution in [0.1, 0.15) is 45.6 Å². The predicted octanol–water partition coefficient (Wildman–Crippen LogP) is 3.92. The standard InChI is InChI=1S/C17H25FN2O2/c1-17(2,3)20(16(21)22)15-6-4-5-11-19(15)12-13-7-9-14(18)10-8-13/h7-10,15H,4-6,11-12H2,1-3H3,(H,21,22). The lowest BCUT2D eigenvalue weighted by Crippen LogP contribution is -2.59. The van der Waals surface area contributed by atoms with E-state index < -0.39 is 11.6 Å². The van der Waals surface area contributed by atoms with Crippen molar-refractivity contribution < 1.29 is 14.3 Å². The number of amides is 1. The molecule has 22 heavy (non-hydrogen) atoms. The minimum Gasteiger partial charge on any atom is -0.465 e. The van der Waals surface area contributed by atoms with Gasteiger partial charge in [-0.15, -0.1) is 0 Å². The minimum absolute atomic E-state index is 0.128. The molecule has 1 fully saturated rings. The van der Waals surface area contributed by atoms with Gasteiger partial charge in [0.2, 0.25) is 0 Å². The molecule has 1 aromatic carbocycles. The molecule has 122 valence electrons. The molecule has 0 saturated carbocycles. The molecule has 0 spiro atoms. The Kier molecular flexibility index (Phi) is 5.06. The van der Waals surface area contributed by atoms with Crippen LogP contribution in [-0.2, 0) is 6.54 Å². The van der Waals surface area contributed by atoms with E-state index in [-0.39, 0.29) is 12.0 Å². The lowest BCUT2D eigenvalue weighted by atomic mass is 9.99. The summed E-state index contributed by atoms with van der Waals surface area (Å²) in [6.45, 7) is 7.27. The van der Waals surface area contributed by atoms with Gasteiger partial charge in [-0.05, 0) is 57.7 Å². The van der Waals surface area contributed by atoms with E-state index in [1.807, 2.05) is 20.8 Å². The molecule has 0 aromatic heterocycles. The maximum Gasteiger partial charge on any atom is 0.409 e. The Morgan fingerprint density at radius 3 is 2.50 bits per heavy atom. The number of rotatable bonds is 3. The molecule has 1 unspecified atom stereocenters. The van der Waals surface area contributed by atoms with Crippen LogP contribution in [0.2, 0.25) is 0 Å². The van der Waals surface area contributed by atoms with Gasteiger partial charge in [0.25, 0.3) is 0 Å². The fraction of sp³-hybridized carbons (Fsp3) is 0.588. The first kappa shape index (κ1) is 16.7. The average molecular weight is 308 g/mol. The second kappa shape index (κ2) is 6.65. The van der Waals surface area contributed by atoms with Gasteiger partial charge in [0, 0.05) is 18.6 Å². The van der Waals surface area contributed by atoms with Crippen molar-refractivity contribution in [2.24, 2.45) is 0 Å². The molecule has 0 radical (unpaired) electrons. The summed E-state index contributed by atoms with van der Waals surface area (Å²) in [7, 11) is 0. The van der Waals surface area contributed by atoms with E-state index in [4.69, 9.17) is 0 Å². The topological polar surface area (TPSA) is 43.8 Å². The first-order chi connectivity index (χ1) is 10.3. The molecule has 2 rings (SSSR count). The molecule has 1 atom stereocenters. The van der Waals surface area contributed by atoms with Crippen LogP contribution >= 0.6 is 0 Å². The summed E-state index contributed by atoms with van der Waals surface area (Å²) in [6, 6.07) is 6.44. The van der Waals surface area contributed by atoms with Crippen molar-refractivity contribution in [3.8, 4) is 0 Å². The summed E-state index contributed by atoms with van der Waals surface area (Å²) >= 11 is 0. The lowest BCUT2D eigenvalue weighted by Gasteiger charge is -2.47. The van der Waals surface area contributed by atoms with Gasteiger partial charge in [0.05, 0.1) is 6.17 Å². The van der Waals surface area contributed by atoms with Gasteiger partial charge < -0.3 is 5.11 Å². The second-order valence-corrected chi connectivity index (χ2v) is 6.90. The number of carbonyl (C=O) groups is 1. The molecule has 1 N–H and O–H groups in total. The van der Waals surface area contributed by atoms with Crippen LogP contribution in [0, 0.1) is 5.82 Å². The molecule has 5 heteroatoms. The van der Waals surface area contributed by atoms with Crippen LogP contribution < -0.4 is 0 Å². The molecule has 0 bridgehead atoms. The van der Waals surface area contributed by atoms with Crippen molar-refractivity contribution in [1.82, 2.24) is 9.80 Å². The molecule has 1 aromatic rings. The van der Waals surface area contributed by atoms with E-state index in [2.05, 4.69) is 4.90 Å². The number of carboxylic acid groups (broad SMARTS) is 1. The Bertz CT molecular complexity index is 510. The van der Waals surface area contributed by atoms with Crippen LogP contribution in [0.5, 0.6) is 0 Å². The van der Waals surface area contributed by atoms with Crippen molar-refractivity contribution in [2.45, 2.75) is 58.3 Å². The van der Waals surface area contributed by atoms with E-state index >= 15 is 0 Å². The third kappa shape index (κ3) is 3.97. The minimum atomic E-state index is -0.886. The first-order valence-electron chi connectivity index (χ1n) is 7.80. The fourth-order valence-corrected chi connectivity index (χ4v) is 3.14. The number of piperidine rings is 1. The fourth-order valence-electron chi connectivity index (χ4n) is 3.14. The van der Waals surface area contributed by atoms with Crippen LogP contribution in [0.25, 0.3) is 0 Å². The molecule has 1 aliphatic rings. The highest BCUT2D eigenvalue weighted by molar-refractivity contribution is 5.66. The van der Waals surface area contributed by atoms with Crippen molar-refractivity contribution >= 4 is 6.09 Å². The molecule has 1 amide bonds. The Balaban J connectivity index is 2.20. The van der Waals surface area contributed by atoms with E-state index in [1.165, 1.54) is 12.1 Å². The second-order valence-electron chi connectivity index (χ2n) is 6.90. The van der Waals surface area contributed by atoms with Crippen LogP contribution in [-0.4, -0.2) is 39.2 Å². The average Bonchev–Trinajstić information content (AvgIpc) is 2.41. The lowest BCUT2D eigenvalue weighted by molar-refractivity contribution is -0.0269. The summed E-state index contributed by atoms with van der Waals surface area (Å²) in [4.78, 5) is 15.5. The van der Waals surface area contributed by atoms with Crippen molar-refractivity contribution in [3.05, 3.63) is 35.6 Å². The number of nitrogens with zero attached hydrogens (tertiary/aromatic N) is 2. The quantitative estimate of drug-likeness (QED) is 0.920. The predicted molar refractivity (Wildman–Crippen MR) is 84.1 cm³/mol. The van der Waals surface area contributed by atoms with Gasteiger partial charge in [-0.1, -0.05) is 12.1 Å². The first-order valence-corrected chi connectivity index (χ1v) is 7.80. The summed E-state index contributed by atoms with van der Waals surface area (Å²) in [6.07, 6.45) is 1.92. The summed E-state index contributed by atoms with van der Waals surface area (Å²) in [5.41, 5.74) is 0.557. The highest BCUT2D eigenvalue weighted by Crippen LogP contribution is 2.28. The summed E-state index contributed by atoms with van der Waals surface area (Å²) in [5.74, 6) is -0.249. The Morgan fingerprint density at radius 2 is 1.95 bits per heavy atom. The molecule has 0 aliphatic carbocycles. The highest BCUT2D eigenvalue weighted by Gasteiger charge is 2.37. The third-order valence-electron chi connectivity index (χ3n) is 4.10. The van der Waals surface area contributed by atoms with Gasteiger partial charge in [0.1, 0.15) is 5.82 Å². The Labute approximate surface area is 131 Å². The van der Waals surface area contributed by atoms with E-state index in [0.717, 1.165) is 31.4 Å². The zero-order chi connectivity index (χ0) is 16.3. The van der Waals surface area contributed by atoms with Crippen LogP contribution in [0.15, 0.2) is 24.3 Å². The highest BCUT2D eigenvalue weighted by atomic mass is 19.1. The summed E-state index contributed by atoms with van der Waals surface area (Å²) in [5, 5.41) is 9.63. The zero-order valence-corrected chi connectivity index (χ0v) is 13.6. The maximum absolute atomic E-state index is 13.0. The zero-order valence-electron chi connectivity index (χ0n) is 13.6. The van der Waals surface area contributed by atoms with E-state index in [1.54, 1.807) is 17.0 Å². The number of likely N-dealkylation sites (tertiary alicyclic amines) is 1. The normalized spacial score (nSPS) is 19.9. The Morgan fingerprint density at radius 1 is 1.32 bits per heavy atom. The molecule has 4 nitrogen and oxygen atoms in total. The van der Waals surface area contributed by atoms with Gasteiger partial charge in [-0.2, -0.15) is 0 Å². The van der Waals surface area contributed by atoms with Gasteiger partial charge >= 0.3 is 6.09 Å². The third-order valence-corrected chi connectivity index (χ3v) is 4.10. The summed E-state index contributed by atoms with van der Waals surface area (Å²) < 4.78 is 13.0. The van der Waals surface area contributed by atoms with E-state index in [9.17, 15) is 14.3 Å². The molecular formula is C17H25FN2O2. The monoisotopic (exact) mass is 308 g/mol. The van der Waals surface area contributed by atoms with Gasteiger partial charge in [-0.3, -0.25) is 9.80 Å². The van der Waals surface area contributed by atoms with Gasteiger partial charge in [0.15, 0.2) is 0 Å². The molecule has 1 aliphatic heterocycles. The van der Waals surface area contributed by atoms with Gasteiger partial charge in [-0.25, -0.2) is 9.18 Å². The van der Waals surface area contributed by atoms with Crippen molar-refractivity contribution in [2.75, 3.05) is 6.54 Å². The van der Waals surface area contributed by atoms with Crippen molar-refractivity contribution in [3.63, 3.8) is 0 Å². The number of hydrogen-bond acceptors (Lipinski definition) is 2. The van der Waals surface area contributed by atoms with Crippen LogP contribution in [0.4, 0.5) is 9.18 Å². The van der Waals surface area contributed by atoms with Crippen molar-refractivity contribution in [1.29, 1.82) is 0 Å². The SMILES string of the molecule is CC(C)(C)N(C(=O)O)C1CCCCN1Cc1ccc(F)cc1. The molecular weight excluding hydrogens is 283 g/mol. The largest absolute Gasteiger partial charge is 0.465 e. The smallest absolute Gasteiger partial charge is 0.409 e. The maximum atomic E-state index is 13.0. The van der Waals surface area contributed by atoms with E-state index in [0.29, 0.717) is 6.54 Å². The number of benzene rings is 1. The Hall–Kier alpha value is -1.62.